The molecular formula is C12H10BrClN2OS. The highest BCUT2D eigenvalue weighted by Crippen LogP contribution is 2.26. The van der Waals surface area contributed by atoms with Gasteiger partial charge in [-0.2, -0.15) is 0 Å². The van der Waals surface area contributed by atoms with Gasteiger partial charge in [0.1, 0.15) is 0 Å². The minimum absolute atomic E-state index is 0.0750. The number of thiophene rings is 1. The summed E-state index contributed by atoms with van der Waals surface area (Å²) in [5, 5.41) is 2.91. The van der Waals surface area contributed by atoms with E-state index in [4.69, 9.17) is 11.6 Å². The fourth-order valence-corrected chi connectivity index (χ4v) is 2.88. The Morgan fingerprint density at radius 1 is 1.50 bits per heavy atom. The predicted molar refractivity (Wildman–Crippen MR) is 77.1 cm³/mol. The van der Waals surface area contributed by atoms with Crippen LogP contribution >= 0.6 is 38.9 Å². The first-order valence-corrected chi connectivity index (χ1v) is 7.21. The van der Waals surface area contributed by atoms with Crippen LogP contribution in [-0.2, 0) is 0 Å². The van der Waals surface area contributed by atoms with Crippen molar-refractivity contribution in [3.63, 3.8) is 0 Å². The van der Waals surface area contributed by atoms with Crippen molar-refractivity contribution in [2.75, 3.05) is 0 Å². The van der Waals surface area contributed by atoms with Gasteiger partial charge in [-0.1, -0.05) is 11.6 Å². The molecule has 18 heavy (non-hydrogen) atoms. The number of hydrogen-bond donors (Lipinski definition) is 1. The first-order valence-electron chi connectivity index (χ1n) is 5.23. The summed E-state index contributed by atoms with van der Waals surface area (Å²) in [5.74, 6) is -0.152. The van der Waals surface area contributed by atoms with E-state index < -0.39 is 0 Å². The van der Waals surface area contributed by atoms with Gasteiger partial charge in [-0.15, -0.1) is 11.3 Å². The molecule has 1 atom stereocenters. The first kappa shape index (κ1) is 13.5. The van der Waals surface area contributed by atoms with E-state index in [9.17, 15) is 4.79 Å². The molecule has 6 heteroatoms. The lowest BCUT2D eigenvalue weighted by molar-refractivity contribution is 0.0940. The lowest BCUT2D eigenvalue weighted by atomic mass is 10.2. The Balaban J connectivity index is 2.08. The summed E-state index contributed by atoms with van der Waals surface area (Å²) < 4.78 is 1.50. The van der Waals surface area contributed by atoms with Gasteiger partial charge >= 0.3 is 0 Å². The average molecular weight is 346 g/mol. The second-order valence-corrected chi connectivity index (χ2v) is 6.39. The van der Waals surface area contributed by atoms with E-state index in [2.05, 4.69) is 26.2 Å². The van der Waals surface area contributed by atoms with Gasteiger partial charge in [0.15, 0.2) is 0 Å². The molecule has 0 fully saturated rings. The molecule has 0 bridgehead atoms. The number of hydrogen-bond acceptors (Lipinski definition) is 3. The van der Waals surface area contributed by atoms with Crippen molar-refractivity contribution in [2.45, 2.75) is 13.0 Å². The number of carbonyl (C=O) groups excluding carboxylic acids is 1. The van der Waals surface area contributed by atoms with Crippen LogP contribution in [0.2, 0.25) is 4.34 Å². The van der Waals surface area contributed by atoms with Crippen molar-refractivity contribution >= 4 is 44.8 Å². The maximum absolute atomic E-state index is 12.0. The summed E-state index contributed by atoms with van der Waals surface area (Å²) in [5.41, 5.74) is 0.527. The highest BCUT2D eigenvalue weighted by atomic mass is 79.9. The summed E-state index contributed by atoms with van der Waals surface area (Å²) >= 11 is 10.6. The topological polar surface area (TPSA) is 42.0 Å². The van der Waals surface area contributed by atoms with Crippen molar-refractivity contribution in [3.8, 4) is 0 Å². The van der Waals surface area contributed by atoms with Crippen LogP contribution in [-0.4, -0.2) is 10.9 Å². The third kappa shape index (κ3) is 3.31. The van der Waals surface area contributed by atoms with E-state index in [1.807, 2.05) is 19.1 Å². The number of aromatic nitrogens is 1. The van der Waals surface area contributed by atoms with Gasteiger partial charge in [-0.25, -0.2) is 0 Å². The van der Waals surface area contributed by atoms with Gasteiger partial charge in [-0.3, -0.25) is 9.78 Å². The van der Waals surface area contributed by atoms with Gasteiger partial charge in [-0.05, 0) is 41.1 Å². The van der Waals surface area contributed by atoms with Crippen LogP contribution in [0.15, 0.2) is 35.1 Å². The minimum Gasteiger partial charge on any atom is -0.345 e. The molecule has 0 spiro atoms. The molecule has 3 nitrogen and oxygen atoms in total. The molecule has 0 unspecified atom stereocenters. The highest BCUT2D eigenvalue weighted by molar-refractivity contribution is 9.10. The van der Waals surface area contributed by atoms with Crippen molar-refractivity contribution < 1.29 is 4.79 Å². The smallest absolute Gasteiger partial charge is 0.253 e. The van der Waals surface area contributed by atoms with Gasteiger partial charge in [0.25, 0.3) is 5.91 Å². The number of rotatable bonds is 3. The van der Waals surface area contributed by atoms with Crippen LogP contribution in [0.25, 0.3) is 0 Å². The van der Waals surface area contributed by atoms with Crippen molar-refractivity contribution in [2.24, 2.45) is 0 Å². The van der Waals surface area contributed by atoms with Gasteiger partial charge in [0.05, 0.1) is 15.9 Å². The first-order chi connectivity index (χ1) is 8.56. The van der Waals surface area contributed by atoms with Gasteiger partial charge in [0.2, 0.25) is 0 Å². The second-order valence-electron chi connectivity index (χ2n) is 3.73. The summed E-state index contributed by atoms with van der Waals surface area (Å²) in [6.45, 7) is 1.92. The zero-order valence-electron chi connectivity index (χ0n) is 9.48. The molecule has 94 valence electrons. The fourth-order valence-electron chi connectivity index (χ4n) is 1.45. The van der Waals surface area contributed by atoms with E-state index in [0.717, 1.165) is 13.7 Å². The molecule has 1 amide bonds. The molecule has 0 saturated heterocycles. The molecule has 0 saturated carbocycles. The largest absolute Gasteiger partial charge is 0.345 e. The standard InChI is InChI=1S/C12H10BrClN2OS/c1-7(10-2-3-11(14)18-10)16-12(17)8-4-9(13)6-15-5-8/h2-7H,1H3,(H,16,17)/t7-/m1/s1. The maximum atomic E-state index is 12.0. The van der Waals surface area contributed by atoms with Crippen LogP contribution < -0.4 is 5.32 Å². The fraction of sp³-hybridized carbons (Fsp3) is 0.167. The minimum atomic E-state index is -0.152. The monoisotopic (exact) mass is 344 g/mol. The number of halogens is 2. The maximum Gasteiger partial charge on any atom is 0.253 e. The summed E-state index contributed by atoms with van der Waals surface area (Å²) in [6.07, 6.45) is 3.17. The third-order valence-corrected chi connectivity index (χ3v) is 4.18. The van der Waals surface area contributed by atoms with Gasteiger partial charge in [0, 0.05) is 21.7 Å². The molecule has 0 radical (unpaired) electrons. The molecule has 0 aliphatic rings. The zero-order valence-corrected chi connectivity index (χ0v) is 12.6. The molecule has 2 aromatic rings. The van der Waals surface area contributed by atoms with Crippen LogP contribution in [0.3, 0.4) is 0 Å². The van der Waals surface area contributed by atoms with Crippen LogP contribution in [0, 0.1) is 0 Å². The van der Waals surface area contributed by atoms with Crippen molar-refractivity contribution in [1.82, 2.24) is 10.3 Å². The Hall–Kier alpha value is -0.910. The van der Waals surface area contributed by atoms with E-state index in [-0.39, 0.29) is 11.9 Å². The Kier molecular flexibility index (Phi) is 4.37. The van der Waals surface area contributed by atoms with Gasteiger partial charge < -0.3 is 5.32 Å². The third-order valence-electron chi connectivity index (χ3n) is 2.34. The summed E-state index contributed by atoms with van der Waals surface area (Å²) in [6, 6.07) is 5.40. The normalized spacial score (nSPS) is 12.2. The lowest BCUT2D eigenvalue weighted by Gasteiger charge is -2.12. The molecule has 2 aromatic heterocycles. The number of carbonyl (C=O) groups is 1. The number of nitrogens with one attached hydrogen (secondary N) is 1. The van der Waals surface area contributed by atoms with Crippen molar-refractivity contribution in [1.29, 1.82) is 0 Å². The Labute approximate surface area is 122 Å². The molecule has 0 aliphatic heterocycles. The second kappa shape index (κ2) is 5.82. The summed E-state index contributed by atoms with van der Waals surface area (Å²) in [4.78, 5) is 17.0. The Bertz CT molecular complexity index is 573. The zero-order chi connectivity index (χ0) is 13.1. The highest BCUT2D eigenvalue weighted by Gasteiger charge is 2.13. The summed E-state index contributed by atoms with van der Waals surface area (Å²) in [7, 11) is 0. The quantitative estimate of drug-likeness (QED) is 0.912. The van der Waals surface area contributed by atoms with Crippen LogP contribution in [0.1, 0.15) is 28.2 Å². The van der Waals surface area contributed by atoms with Crippen LogP contribution in [0.5, 0.6) is 0 Å². The number of nitrogens with zero attached hydrogens (tertiary/aromatic N) is 1. The predicted octanol–water partition coefficient (Wildman–Crippen LogP) is 4.05. The molecular weight excluding hydrogens is 336 g/mol. The van der Waals surface area contributed by atoms with E-state index >= 15 is 0 Å². The molecule has 2 rings (SSSR count). The molecule has 0 aliphatic carbocycles. The van der Waals surface area contributed by atoms with E-state index in [0.29, 0.717) is 5.56 Å². The molecule has 0 aromatic carbocycles. The number of amides is 1. The van der Waals surface area contributed by atoms with E-state index in [1.54, 1.807) is 12.3 Å². The Morgan fingerprint density at radius 3 is 2.89 bits per heavy atom. The van der Waals surface area contributed by atoms with Crippen LogP contribution in [0.4, 0.5) is 0 Å². The lowest BCUT2D eigenvalue weighted by Crippen LogP contribution is -2.26. The Morgan fingerprint density at radius 2 is 2.28 bits per heavy atom. The average Bonchev–Trinajstić information content (AvgIpc) is 2.76. The SMILES string of the molecule is C[C@@H](NC(=O)c1cncc(Br)c1)c1ccc(Cl)s1. The van der Waals surface area contributed by atoms with E-state index in [1.165, 1.54) is 17.5 Å². The number of pyridine rings is 1. The molecule has 2 heterocycles. The molecule has 1 N–H and O–H groups in total. The van der Waals surface area contributed by atoms with Crippen molar-refractivity contribution in [3.05, 3.63) is 49.8 Å².